The van der Waals surface area contributed by atoms with Crippen molar-refractivity contribution in [3.05, 3.63) is 11.6 Å². The molecule has 0 aliphatic carbocycles. The lowest BCUT2D eigenvalue weighted by Crippen LogP contribution is -2.43. The van der Waals surface area contributed by atoms with Crippen LogP contribution in [0, 0.1) is 5.92 Å². The van der Waals surface area contributed by atoms with Crippen molar-refractivity contribution in [2.24, 2.45) is 5.92 Å². The third kappa shape index (κ3) is 3.67. The maximum atomic E-state index is 10.5. The van der Waals surface area contributed by atoms with E-state index in [1.165, 1.54) is 18.9 Å². The van der Waals surface area contributed by atoms with Crippen LogP contribution in [0.25, 0.3) is 0 Å². The van der Waals surface area contributed by atoms with Gasteiger partial charge in [-0.3, -0.25) is 4.90 Å². The Balaban J connectivity index is 2.53. The van der Waals surface area contributed by atoms with E-state index < -0.39 is 5.97 Å². The van der Waals surface area contributed by atoms with E-state index in [9.17, 15) is 4.79 Å². The summed E-state index contributed by atoms with van der Waals surface area (Å²) in [5, 5.41) is 8.64. The van der Waals surface area contributed by atoms with E-state index in [1.807, 2.05) is 6.92 Å². The summed E-state index contributed by atoms with van der Waals surface area (Å²) in [4.78, 5) is 12.9. The molecule has 0 aromatic rings. The molecule has 0 aromatic heterocycles. The van der Waals surface area contributed by atoms with Crippen molar-refractivity contribution in [3.63, 3.8) is 0 Å². The van der Waals surface area contributed by atoms with Crippen LogP contribution >= 0.6 is 0 Å². The lowest BCUT2D eigenvalue weighted by molar-refractivity contribution is -0.131. The van der Waals surface area contributed by atoms with E-state index in [0.29, 0.717) is 6.04 Å². The minimum absolute atomic E-state index is 0.566. The Labute approximate surface area is 91.8 Å². The molecule has 86 valence electrons. The van der Waals surface area contributed by atoms with Gasteiger partial charge in [-0.25, -0.2) is 4.79 Å². The molecule has 3 nitrogen and oxygen atoms in total. The second-order valence-corrected chi connectivity index (χ2v) is 4.66. The molecule has 1 rings (SSSR count). The van der Waals surface area contributed by atoms with Gasteiger partial charge >= 0.3 is 5.97 Å². The first-order chi connectivity index (χ1) is 7.00. The number of carboxylic acid groups (broad SMARTS) is 1. The van der Waals surface area contributed by atoms with Gasteiger partial charge in [-0.15, -0.1) is 0 Å². The monoisotopic (exact) mass is 211 g/mol. The predicted octanol–water partition coefficient (Wildman–Crippen LogP) is 2.14. The molecule has 0 spiro atoms. The van der Waals surface area contributed by atoms with Crippen LogP contribution in [0.2, 0.25) is 0 Å². The van der Waals surface area contributed by atoms with Gasteiger partial charge in [0.05, 0.1) is 0 Å². The molecule has 0 aromatic carbocycles. The maximum Gasteiger partial charge on any atom is 0.328 e. The van der Waals surface area contributed by atoms with Gasteiger partial charge in [0, 0.05) is 18.7 Å². The minimum Gasteiger partial charge on any atom is -0.478 e. The van der Waals surface area contributed by atoms with Crippen LogP contribution in [0.4, 0.5) is 0 Å². The van der Waals surface area contributed by atoms with Crippen molar-refractivity contribution in [3.8, 4) is 0 Å². The fraction of sp³-hybridized carbons (Fsp3) is 0.750. The molecule has 15 heavy (non-hydrogen) atoms. The van der Waals surface area contributed by atoms with E-state index in [-0.39, 0.29) is 0 Å². The predicted molar refractivity (Wildman–Crippen MR) is 60.8 cm³/mol. The maximum absolute atomic E-state index is 10.5. The summed E-state index contributed by atoms with van der Waals surface area (Å²) in [6, 6.07) is 0.566. The molecule has 1 fully saturated rings. The summed E-state index contributed by atoms with van der Waals surface area (Å²) < 4.78 is 0. The standard InChI is InChI=1S/C12H21NO2/c1-9(7-12(14)15)8-13-6-4-5-10(2)11(13)3/h7,10-11H,4-6,8H2,1-3H3,(H,14,15). The van der Waals surface area contributed by atoms with Gasteiger partial charge in [-0.2, -0.15) is 0 Å². The first-order valence-electron chi connectivity index (χ1n) is 5.65. The third-order valence-corrected chi connectivity index (χ3v) is 3.33. The smallest absolute Gasteiger partial charge is 0.328 e. The van der Waals surface area contributed by atoms with Crippen molar-refractivity contribution < 1.29 is 9.90 Å². The zero-order valence-corrected chi connectivity index (χ0v) is 9.86. The third-order valence-electron chi connectivity index (χ3n) is 3.33. The zero-order valence-electron chi connectivity index (χ0n) is 9.86. The van der Waals surface area contributed by atoms with Gasteiger partial charge < -0.3 is 5.11 Å². The summed E-state index contributed by atoms with van der Waals surface area (Å²) in [6.45, 7) is 8.28. The molecule has 2 unspecified atom stereocenters. The van der Waals surface area contributed by atoms with Crippen LogP contribution in [0.1, 0.15) is 33.6 Å². The number of carboxylic acids is 1. The van der Waals surface area contributed by atoms with Gasteiger partial charge in [0.15, 0.2) is 0 Å². The lowest BCUT2D eigenvalue weighted by Gasteiger charge is -2.38. The van der Waals surface area contributed by atoms with E-state index >= 15 is 0 Å². The fourth-order valence-electron chi connectivity index (χ4n) is 2.22. The van der Waals surface area contributed by atoms with Gasteiger partial charge in [0.25, 0.3) is 0 Å². The number of nitrogens with zero attached hydrogens (tertiary/aromatic N) is 1. The van der Waals surface area contributed by atoms with E-state index in [4.69, 9.17) is 5.11 Å². The van der Waals surface area contributed by atoms with Gasteiger partial charge in [0.2, 0.25) is 0 Å². The summed E-state index contributed by atoms with van der Waals surface area (Å²) in [5.41, 5.74) is 0.934. The van der Waals surface area contributed by atoms with Crippen LogP contribution in [-0.4, -0.2) is 35.1 Å². The normalized spacial score (nSPS) is 29.1. The first kappa shape index (κ1) is 12.2. The number of likely N-dealkylation sites (tertiary alicyclic amines) is 1. The molecule has 0 amide bonds. The van der Waals surface area contributed by atoms with Crippen molar-refractivity contribution in [2.45, 2.75) is 39.7 Å². The molecule has 3 heteroatoms. The SMILES string of the molecule is CC(=CC(=O)O)CN1CCCC(C)C1C. The second kappa shape index (κ2) is 5.31. The number of aliphatic carboxylic acids is 1. The summed E-state index contributed by atoms with van der Waals surface area (Å²) in [7, 11) is 0. The Hall–Kier alpha value is -0.830. The molecule has 0 bridgehead atoms. The summed E-state index contributed by atoms with van der Waals surface area (Å²) in [5.74, 6) is -0.124. The molecule has 0 radical (unpaired) electrons. The zero-order chi connectivity index (χ0) is 11.4. The van der Waals surface area contributed by atoms with Crippen LogP contribution in [0.15, 0.2) is 11.6 Å². The summed E-state index contributed by atoms with van der Waals surface area (Å²) >= 11 is 0. The molecule has 1 heterocycles. The average Bonchev–Trinajstić information content (AvgIpc) is 2.11. The van der Waals surface area contributed by atoms with Crippen molar-refractivity contribution in [1.29, 1.82) is 0 Å². The molecule has 1 aliphatic heterocycles. The Morgan fingerprint density at radius 1 is 1.53 bits per heavy atom. The number of piperidine rings is 1. The van der Waals surface area contributed by atoms with Crippen LogP contribution < -0.4 is 0 Å². The number of hydrogen-bond acceptors (Lipinski definition) is 2. The Bertz CT molecular complexity index is 260. The minimum atomic E-state index is -0.842. The number of rotatable bonds is 3. The second-order valence-electron chi connectivity index (χ2n) is 4.66. The van der Waals surface area contributed by atoms with Crippen molar-refractivity contribution in [1.82, 2.24) is 4.90 Å². The van der Waals surface area contributed by atoms with Gasteiger partial charge in [-0.05, 0) is 39.2 Å². The first-order valence-corrected chi connectivity index (χ1v) is 5.65. The number of hydrogen-bond donors (Lipinski definition) is 1. The van der Waals surface area contributed by atoms with Gasteiger partial charge in [0.1, 0.15) is 0 Å². The van der Waals surface area contributed by atoms with Crippen LogP contribution in [0.3, 0.4) is 0 Å². The Kier molecular flexibility index (Phi) is 4.33. The van der Waals surface area contributed by atoms with E-state index in [1.54, 1.807) is 0 Å². The van der Waals surface area contributed by atoms with Crippen molar-refractivity contribution in [2.75, 3.05) is 13.1 Å². The molecule has 0 saturated carbocycles. The van der Waals surface area contributed by atoms with Crippen LogP contribution in [-0.2, 0) is 4.79 Å². The molecule has 2 atom stereocenters. The quantitative estimate of drug-likeness (QED) is 0.727. The highest BCUT2D eigenvalue weighted by Gasteiger charge is 2.24. The summed E-state index contributed by atoms with van der Waals surface area (Å²) in [6.07, 6.45) is 3.83. The highest BCUT2D eigenvalue weighted by atomic mass is 16.4. The molecular formula is C12H21NO2. The lowest BCUT2D eigenvalue weighted by atomic mass is 9.92. The Morgan fingerprint density at radius 2 is 2.20 bits per heavy atom. The average molecular weight is 211 g/mol. The van der Waals surface area contributed by atoms with Crippen molar-refractivity contribution >= 4 is 5.97 Å². The van der Waals surface area contributed by atoms with Crippen LogP contribution in [0.5, 0.6) is 0 Å². The molecule has 1 N–H and O–H groups in total. The van der Waals surface area contributed by atoms with E-state index in [0.717, 1.165) is 24.6 Å². The topological polar surface area (TPSA) is 40.5 Å². The highest BCUT2D eigenvalue weighted by Crippen LogP contribution is 2.23. The molecule has 1 aliphatic rings. The molecule has 1 saturated heterocycles. The molecular weight excluding hydrogens is 190 g/mol. The van der Waals surface area contributed by atoms with Gasteiger partial charge in [-0.1, -0.05) is 12.5 Å². The highest BCUT2D eigenvalue weighted by molar-refractivity contribution is 5.80. The largest absolute Gasteiger partial charge is 0.478 e. The van der Waals surface area contributed by atoms with E-state index in [2.05, 4.69) is 18.7 Å². The fourth-order valence-corrected chi connectivity index (χ4v) is 2.22. The number of carbonyl (C=O) groups is 1. The Morgan fingerprint density at radius 3 is 2.80 bits per heavy atom.